The summed E-state index contributed by atoms with van der Waals surface area (Å²) in [7, 11) is 0. The number of hydrogen-bond acceptors (Lipinski definition) is 2. The number of aliphatic hydroxyl groups is 1. The first kappa shape index (κ1) is 14.2. The van der Waals surface area contributed by atoms with Crippen molar-refractivity contribution in [3.8, 4) is 0 Å². The molecule has 4 nitrogen and oxygen atoms in total. The van der Waals surface area contributed by atoms with Gasteiger partial charge in [0.15, 0.2) is 0 Å². The fourth-order valence-corrected chi connectivity index (χ4v) is 2.61. The van der Waals surface area contributed by atoms with Crippen LogP contribution in [0.3, 0.4) is 0 Å². The molecule has 0 saturated carbocycles. The van der Waals surface area contributed by atoms with Crippen LogP contribution in [-0.4, -0.2) is 35.7 Å². The number of urea groups is 1. The maximum atomic E-state index is 12.5. The van der Waals surface area contributed by atoms with Gasteiger partial charge in [0.25, 0.3) is 0 Å². The highest BCUT2D eigenvalue weighted by atomic mass is 35.5. The molecule has 1 aromatic rings. The molecule has 0 saturated heterocycles. The molecule has 2 rings (SSSR count). The molecule has 2 amide bonds. The van der Waals surface area contributed by atoms with Crippen LogP contribution in [-0.2, 0) is 0 Å². The fraction of sp³-hybridized carbons (Fsp3) is 0.500. The second-order valence-corrected chi connectivity index (χ2v) is 5.05. The van der Waals surface area contributed by atoms with Crippen LogP contribution < -0.4 is 4.90 Å². The van der Waals surface area contributed by atoms with Crippen molar-refractivity contribution in [1.82, 2.24) is 4.90 Å². The van der Waals surface area contributed by atoms with E-state index >= 15 is 0 Å². The van der Waals surface area contributed by atoms with Crippen molar-refractivity contribution >= 4 is 23.3 Å². The second-order valence-electron chi connectivity index (χ2n) is 4.61. The molecular formula is C14H19ClN2O2. The number of carbonyl (C=O) groups excluding carboxylic acids is 1. The molecule has 0 spiro atoms. The zero-order valence-electron chi connectivity index (χ0n) is 11.3. The minimum absolute atomic E-state index is 0.0135. The third-order valence-electron chi connectivity index (χ3n) is 3.53. The van der Waals surface area contributed by atoms with Gasteiger partial charge in [0.05, 0.1) is 11.8 Å². The van der Waals surface area contributed by atoms with Gasteiger partial charge in [-0.3, -0.25) is 4.90 Å². The monoisotopic (exact) mass is 282 g/mol. The van der Waals surface area contributed by atoms with E-state index in [0.29, 0.717) is 31.1 Å². The summed E-state index contributed by atoms with van der Waals surface area (Å²) in [5, 5.41) is 10.6. The fourth-order valence-electron chi connectivity index (χ4n) is 2.43. The molecule has 19 heavy (non-hydrogen) atoms. The summed E-state index contributed by atoms with van der Waals surface area (Å²) < 4.78 is 0. The molecule has 0 aliphatic carbocycles. The Morgan fingerprint density at radius 1 is 1.47 bits per heavy atom. The Morgan fingerprint density at radius 3 is 2.79 bits per heavy atom. The highest BCUT2D eigenvalue weighted by Crippen LogP contribution is 2.35. The van der Waals surface area contributed by atoms with E-state index in [9.17, 15) is 9.90 Å². The number of amides is 2. The zero-order chi connectivity index (χ0) is 14.0. The molecule has 1 atom stereocenters. The summed E-state index contributed by atoms with van der Waals surface area (Å²) in [5.74, 6) is 0. The Kier molecular flexibility index (Phi) is 4.32. The lowest BCUT2D eigenvalue weighted by Gasteiger charge is -2.35. The molecule has 1 N–H and O–H groups in total. The number of benzene rings is 1. The van der Waals surface area contributed by atoms with Gasteiger partial charge in [-0.05, 0) is 38.5 Å². The van der Waals surface area contributed by atoms with Gasteiger partial charge in [-0.25, -0.2) is 4.79 Å². The van der Waals surface area contributed by atoms with Crippen molar-refractivity contribution in [2.45, 2.75) is 26.4 Å². The molecule has 0 bridgehead atoms. The van der Waals surface area contributed by atoms with Crippen LogP contribution in [0.15, 0.2) is 18.2 Å². The quantitative estimate of drug-likeness (QED) is 0.906. The number of nitrogens with zero attached hydrogens (tertiary/aromatic N) is 2. The zero-order valence-corrected chi connectivity index (χ0v) is 12.0. The van der Waals surface area contributed by atoms with Crippen molar-refractivity contribution in [2.75, 3.05) is 24.5 Å². The Hall–Kier alpha value is -1.26. The van der Waals surface area contributed by atoms with Crippen LogP contribution in [0.25, 0.3) is 0 Å². The van der Waals surface area contributed by atoms with Crippen LogP contribution in [0.5, 0.6) is 0 Å². The van der Waals surface area contributed by atoms with Gasteiger partial charge in [0.2, 0.25) is 0 Å². The predicted molar refractivity (Wildman–Crippen MR) is 76.7 cm³/mol. The molecule has 104 valence electrons. The Balaban J connectivity index is 2.35. The molecule has 1 aliphatic heterocycles. The lowest BCUT2D eigenvalue weighted by molar-refractivity contribution is 0.161. The molecule has 1 aromatic carbocycles. The third-order valence-corrected chi connectivity index (χ3v) is 3.77. The molecule has 1 unspecified atom stereocenters. The summed E-state index contributed by atoms with van der Waals surface area (Å²) in [4.78, 5) is 16.0. The summed E-state index contributed by atoms with van der Waals surface area (Å²) in [5.41, 5.74) is 1.50. The van der Waals surface area contributed by atoms with Crippen molar-refractivity contribution in [3.63, 3.8) is 0 Å². The standard InChI is InChI=1S/C14H19ClN2O2/c1-3-16(4-2)14(19)17-8-7-13(18)11-9-10(15)5-6-12(11)17/h5-6,9,13,18H,3-4,7-8H2,1-2H3. The maximum Gasteiger partial charge on any atom is 0.324 e. The minimum atomic E-state index is -0.547. The number of carbonyl (C=O) groups is 1. The highest BCUT2D eigenvalue weighted by molar-refractivity contribution is 6.30. The Morgan fingerprint density at radius 2 is 2.16 bits per heavy atom. The largest absolute Gasteiger partial charge is 0.388 e. The topological polar surface area (TPSA) is 43.8 Å². The molecule has 1 heterocycles. The van der Waals surface area contributed by atoms with Gasteiger partial charge in [-0.1, -0.05) is 11.6 Å². The summed E-state index contributed by atoms with van der Waals surface area (Å²) in [6.07, 6.45) is -0.00479. The van der Waals surface area contributed by atoms with Gasteiger partial charge < -0.3 is 10.0 Å². The Bertz CT molecular complexity index is 475. The lowest BCUT2D eigenvalue weighted by atomic mass is 9.99. The predicted octanol–water partition coefficient (Wildman–Crippen LogP) is 3.05. The number of fused-ring (bicyclic) bond motifs is 1. The van der Waals surface area contributed by atoms with E-state index in [4.69, 9.17) is 11.6 Å². The maximum absolute atomic E-state index is 12.5. The number of rotatable bonds is 2. The van der Waals surface area contributed by atoms with Gasteiger partial charge in [-0.2, -0.15) is 0 Å². The Labute approximate surface area is 118 Å². The second kappa shape index (κ2) is 5.80. The van der Waals surface area contributed by atoms with E-state index < -0.39 is 6.10 Å². The third kappa shape index (κ3) is 2.69. The van der Waals surface area contributed by atoms with Crippen LogP contribution in [0.1, 0.15) is 31.9 Å². The van der Waals surface area contributed by atoms with E-state index in [2.05, 4.69) is 0 Å². The van der Waals surface area contributed by atoms with Gasteiger partial charge in [0.1, 0.15) is 0 Å². The summed E-state index contributed by atoms with van der Waals surface area (Å²) >= 11 is 5.96. The first-order valence-corrected chi connectivity index (χ1v) is 7.00. The van der Waals surface area contributed by atoms with Crippen molar-refractivity contribution in [1.29, 1.82) is 0 Å². The van der Waals surface area contributed by atoms with Crippen LogP contribution in [0, 0.1) is 0 Å². The van der Waals surface area contributed by atoms with Gasteiger partial charge >= 0.3 is 6.03 Å². The van der Waals surface area contributed by atoms with Gasteiger partial charge in [-0.15, -0.1) is 0 Å². The van der Waals surface area contributed by atoms with Crippen molar-refractivity contribution in [2.24, 2.45) is 0 Å². The minimum Gasteiger partial charge on any atom is -0.388 e. The first-order chi connectivity index (χ1) is 9.08. The van der Waals surface area contributed by atoms with E-state index in [1.54, 1.807) is 28.0 Å². The lowest BCUT2D eigenvalue weighted by Crippen LogP contribution is -2.45. The number of aliphatic hydroxyl groups excluding tert-OH is 1. The normalized spacial score (nSPS) is 18.1. The van der Waals surface area contributed by atoms with E-state index in [0.717, 1.165) is 11.3 Å². The first-order valence-electron chi connectivity index (χ1n) is 6.62. The summed E-state index contributed by atoms with van der Waals surface area (Å²) in [6.45, 7) is 5.81. The molecule has 0 fully saturated rings. The van der Waals surface area contributed by atoms with E-state index in [1.807, 2.05) is 13.8 Å². The molecule has 1 aliphatic rings. The van der Waals surface area contributed by atoms with Gasteiger partial charge in [0, 0.05) is 30.2 Å². The van der Waals surface area contributed by atoms with Crippen LogP contribution in [0.2, 0.25) is 5.02 Å². The smallest absolute Gasteiger partial charge is 0.324 e. The average Bonchev–Trinajstić information content (AvgIpc) is 2.41. The molecular weight excluding hydrogens is 264 g/mol. The number of anilines is 1. The van der Waals surface area contributed by atoms with Crippen LogP contribution in [0.4, 0.5) is 10.5 Å². The van der Waals surface area contributed by atoms with Crippen molar-refractivity contribution < 1.29 is 9.90 Å². The SMILES string of the molecule is CCN(CC)C(=O)N1CCC(O)c2cc(Cl)ccc21. The molecule has 5 heteroatoms. The van der Waals surface area contributed by atoms with E-state index in [1.165, 1.54) is 0 Å². The highest BCUT2D eigenvalue weighted by Gasteiger charge is 2.29. The van der Waals surface area contributed by atoms with Crippen molar-refractivity contribution in [3.05, 3.63) is 28.8 Å². The molecule has 0 radical (unpaired) electrons. The number of halogens is 1. The summed E-state index contributed by atoms with van der Waals surface area (Å²) in [6, 6.07) is 5.28. The molecule has 0 aromatic heterocycles. The average molecular weight is 283 g/mol. The van der Waals surface area contributed by atoms with E-state index in [-0.39, 0.29) is 6.03 Å². The number of hydrogen-bond donors (Lipinski definition) is 1. The van der Waals surface area contributed by atoms with Crippen LogP contribution >= 0.6 is 11.6 Å².